The first-order valence-electron chi connectivity index (χ1n) is 4.11. The molecule has 4 nitrogen and oxygen atoms in total. The second kappa shape index (κ2) is 3.98. The molecular formula is C9H15N3O. The molecule has 4 heteroatoms. The number of nitrogens with zero attached hydrogens (tertiary/aromatic N) is 2. The Morgan fingerprint density at radius 2 is 2.38 bits per heavy atom. The zero-order chi connectivity index (χ0) is 9.84. The third kappa shape index (κ3) is 2.24. The van der Waals surface area contributed by atoms with Gasteiger partial charge in [-0.15, -0.1) is 0 Å². The van der Waals surface area contributed by atoms with Crippen molar-refractivity contribution in [2.24, 2.45) is 10.7 Å². The van der Waals surface area contributed by atoms with Gasteiger partial charge in [-0.25, -0.2) is 0 Å². The van der Waals surface area contributed by atoms with Crippen molar-refractivity contribution in [3.63, 3.8) is 0 Å². The molecule has 13 heavy (non-hydrogen) atoms. The molecule has 0 atom stereocenters. The van der Waals surface area contributed by atoms with Crippen LogP contribution in [0.15, 0.2) is 21.7 Å². The van der Waals surface area contributed by atoms with Crippen LogP contribution in [0.1, 0.15) is 11.3 Å². The first-order valence-corrected chi connectivity index (χ1v) is 4.11. The van der Waals surface area contributed by atoms with Crippen molar-refractivity contribution in [2.75, 3.05) is 14.1 Å². The Bertz CT molecular complexity index is 304. The third-order valence-corrected chi connectivity index (χ3v) is 1.97. The molecule has 0 radical (unpaired) electrons. The maximum absolute atomic E-state index is 5.62. The van der Waals surface area contributed by atoms with E-state index in [1.54, 1.807) is 13.3 Å². The monoisotopic (exact) mass is 181 g/mol. The van der Waals surface area contributed by atoms with Gasteiger partial charge < -0.3 is 15.1 Å². The zero-order valence-electron chi connectivity index (χ0n) is 8.24. The summed E-state index contributed by atoms with van der Waals surface area (Å²) in [6, 6.07) is 1.93. The number of aliphatic imine (C=N–C) groups is 1. The number of furan rings is 1. The molecule has 0 aliphatic rings. The van der Waals surface area contributed by atoms with Crippen molar-refractivity contribution in [3.8, 4) is 0 Å². The zero-order valence-corrected chi connectivity index (χ0v) is 8.24. The van der Waals surface area contributed by atoms with Gasteiger partial charge in [0.15, 0.2) is 5.96 Å². The average Bonchev–Trinajstić information content (AvgIpc) is 2.50. The summed E-state index contributed by atoms with van der Waals surface area (Å²) in [6.07, 6.45) is 1.68. The summed E-state index contributed by atoms with van der Waals surface area (Å²) in [7, 11) is 3.55. The van der Waals surface area contributed by atoms with Gasteiger partial charge in [0.05, 0.1) is 12.8 Å². The highest BCUT2D eigenvalue weighted by atomic mass is 16.3. The van der Waals surface area contributed by atoms with Crippen LogP contribution in [0.5, 0.6) is 0 Å². The van der Waals surface area contributed by atoms with Crippen molar-refractivity contribution in [1.29, 1.82) is 0 Å². The van der Waals surface area contributed by atoms with Crippen LogP contribution in [-0.2, 0) is 6.54 Å². The summed E-state index contributed by atoms with van der Waals surface area (Å²) in [6.45, 7) is 2.66. The standard InChI is InChI=1S/C9H15N3O/c1-7-4-5-13-8(7)6-12(3)9(10)11-2/h4-5H,6H2,1-3H3,(H2,10,11). The van der Waals surface area contributed by atoms with E-state index in [1.807, 2.05) is 24.9 Å². The lowest BCUT2D eigenvalue weighted by Crippen LogP contribution is -2.33. The highest BCUT2D eigenvalue weighted by molar-refractivity contribution is 5.77. The van der Waals surface area contributed by atoms with Crippen LogP contribution in [0.2, 0.25) is 0 Å². The van der Waals surface area contributed by atoms with E-state index in [0.717, 1.165) is 11.3 Å². The van der Waals surface area contributed by atoms with Crippen LogP contribution in [-0.4, -0.2) is 25.0 Å². The molecular weight excluding hydrogens is 166 g/mol. The van der Waals surface area contributed by atoms with Crippen molar-refractivity contribution in [2.45, 2.75) is 13.5 Å². The Morgan fingerprint density at radius 1 is 1.69 bits per heavy atom. The SMILES string of the molecule is CN=C(N)N(C)Cc1occc1C. The fraction of sp³-hybridized carbons (Fsp3) is 0.444. The molecule has 0 saturated heterocycles. The number of aryl methyl sites for hydroxylation is 1. The Kier molecular flexibility index (Phi) is 2.95. The highest BCUT2D eigenvalue weighted by Gasteiger charge is 2.06. The van der Waals surface area contributed by atoms with Crippen molar-refractivity contribution in [3.05, 3.63) is 23.7 Å². The van der Waals surface area contributed by atoms with Gasteiger partial charge >= 0.3 is 0 Å². The second-order valence-corrected chi connectivity index (χ2v) is 2.96. The largest absolute Gasteiger partial charge is 0.467 e. The molecule has 0 bridgehead atoms. The summed E-state index contributed by atoms with van der Waals surface area (Å²) in [5, 5.41) is 0. The van der Waals surface area contributed by atoms with E-state index in [0.29, 0.717) is 12.5 Å². The van der Waals surface area contributed by atoms with Crippen LogP contribution in [0, 0.1) is 6.92 Å². The Hall–Kier alpha value is -1.45. The van der Waals surface area contributed by atoms with Crippen LogP contribution >= 0.6 is 0 Å². The van der Waals surface area contributed by atoms with Gasteiger partial charge in [-0.1, -0.05) is 0 Å². The van der Waals surface area contributed by atoms with E-state index in [9.17, 15) is 0 Å². The minimum absolute atomic E-state index is 0.510. The van der Waals surface area contributed by atoms with Gasteiger partial charge in [-0.3, -0.25) is 4.99 Å². The Balaban J connectivity index is 2.65. The smallest absolute Gasteiger partial charge is 0.191 e. The number of rotatable bonds is 2. The number of hydrogen-bond acceptors (Lipinski definition) is 2. The molecule has 0 aromatic carbocycles. The summed E-state index contributed by atoms with van der Waals surface area (Å²) in [4.78, 5) is 5.72. The van der Waals surface area contributed by atoms with Crippen molar-refractivity contribution < 1.29 is 4.42 Å². The summed E-state index contributed by atoms with van der Waals surface area (Å²) < 4.78 is 5.28. The molecule has 1 heterocycles. The predicted molar refractivity (Wildman–Crippen MR) is 52.5 cm³/mol. The lowest BCUT2D eigenvalue weighted by atomic mass is 10.3. The van der Waals surface area contributed by atoms with Crippen LogP contribution in [0.3, 0.4) is 0 Å². The van der Waals surface area contributed by atoms with Gasteiger partial charge in [0.25, 0.3) is 0 Å². The molecule has 1 aromatic rings. The quantitative estimate of drug-likeness (QED) is 0.546. The van der Waals surface area contributed by atoms with Gasteiger partial charge in [0.2, 0.25) is 0 Å². The topological polar surface area (TPSA) is 54.8 Å². The summed E-state index contributed by atoms with van der Waals surface area (Å²) in [5.74, 6) is 1.44. The molecule has 72 valence electrons. The normalized spacial score (nSPS) is 11.8. The van der Waals surface area contributed by atoms with E-state index in [-0.39, 0.29) is 0 Å². The third-order valence-electron chi connectivity index (χ3n) is 1.97. The van der Waals surface area contributed by atoms with Gasteiger partial charge in [-0.05, 0) is 18.6 Å². The lowest BCUT2D eigenvalue weighted by molar-refractivity contribution is 0.405. The maximum Gasteiger partial charge on any atom is 0.191 e. The molecule has 1 aromatic heterocycles. The van der Waals surface area contributed by atoms with Crippen molar-refractivity contribution in [1.82, 2.24) is 4.90 Å². The van der Waals surface area contributed by atoms with Gasteiger partial charge in [0, 0.05) is 14.1 Å². The Morgan fingerprint density at radius 3 is 2.85 bits per heavy atom. The molecule has 0 aliphatic carbocycles. The van der Waals surface area contributed by atoms with Gasteiger partial charge in [-0.2, -0.15) is 0 Å². The fourth-order valence-corrected chi connectivity index (χ4v) is 1.03. The minimum atomic E-state index is 0.510. The molecule has 0 fully saturated rings. The molecule has 0 aliphatic heterocycles. The van der Waals surface area contributed by atoms with E-state index < -0.39 is 0 Å². The van der Waals surface area contributed by atoms with Crippen LogP contribution in [0.25, 0.3) is 0 Å². The first-order chi connectivity index (χ1) is 6.15. The Labute approximate surface area is 78.0 Å². The van der Waals surface area contributed by atoms with Crippen molar-refractivity contribution >= 4 is 5.96 Å². The van der Waals surface area contributed by atoms with Crippen LogP contribution < -0.4 is 5.73 Å². The average molecular weight is 181 g/mol. The van der Waals surface area contributed by atoms with Gasteiger partial charge in [0.1, 0.15) is 5.76 Å². The summed E-state index contributed by atoms with van der Waals surface area (Å²) in [5.41, 5.74) is 6.75. The number of nitrogens with two attached hydrogens (primary N) is 1. The molecule has 0 amide bonds. The van der Waals surface area contributed by atoms with E-state index in [2.05, 4.69) is 4.99 Å². The molecule has 0 spiro atoms. The minimum Gasteiger partial charge on any atom is -0.467 e. The lowest BCUT2D eigenvalue weighted by Gasteiger charge is -2.16. The second-order valence-electron chi connectivity index (χ2n) is 2.96. The molecule has 2 N–H and O–H groups in total. The molecule has 0 unspecified atom stereocenters. The van der Waals surface area contributed by atoms with E-state index in [1.165, 1.54) is 0 Å². The number of guanidine groups is 1. The molecule has 0 saturated carbocycles. The number of hydrogen-bond donors (Lipinski definition) is 1. The van der Waals surface area contributed by atoms with Crippen LogP contribution in [0.4, 0.5) is 0 Å². The highest BCUT2D eigenvalue weighted by Crippen LogP contribution is 2.10. The first kappa shape index (κ1) is 9.64. The fourth-order valence-electron chi connectivity index (χ4n) is 1.03. The maximum atomic E-state index is 5.62. The van der Waals surface area contributed by atoms with E-state index >= 15 is 0 Å². The molecule has 1 rings (SSSR count). The summed E-state index contributed by atoms with van der Waals surface area (Å²) >= 11 is 0. The predicted octanol–water partition coefficient (Wildman–Crippen LogP) is 0.964. The van der Waals surface area contributed by atoms with E-state index in [4.69, 9.17) is 10.2 Å².